The molecule has 2 amide bonds. The van der Waals surface area contributed by atoms with E-state index in [9.17, 15) is 18.0 Å². The van der Waals surface area contributed by atoms with E-state index in [-0.39, 0.29) is 23.9 Å². The molecule has 0 radical (unpaired) electrons. The molecule has 156 valence electrons. The number of benzene rings is 2. The number of hydrogen-bond donors (Lipinski definition) is 1. The average molecular weight is 418 g/mol. The second-order valence-electron chi connectivity index (χ2n) is 6.87. The number of rotatable bonds is 8. The molecule has 0 fully saturated rings. The Balaban J connectivity index is 2.23. The van der Waals surface area contributed by atoms with Gasteiger partial charge in [-0.25, -0.2) is 8.42 Å². The standard InChI is InChI=1S/C21H27N3O4S/c1-16-10-12-19(13-11-16)29(27,28)23(4)15-20(25)24(17(2)21(26)22-3)14-18-8-6-5-7-9-18/h5-13,17H,14-15H2,1-4H3,(H,22,26)/t17-/m1/s1. The molecule has 1 atom stereocenters. The molecule has 8 heteroatoms. The number of likely N-dealkylation sites (N-methyl/N-ethyl adjacent to an activating group) is 2. The summed E-state index contributed by atoms with van der Waals surface area (Å²) in [6.45, 7) is 3.32. The van der Waals surface area contributed by atoms with Crippen molar-refractivity contribution >= 4 is 21.8 Å². The first-order chi connectivity index (χ1) is 13.7. The van der Waals surface area contributed by atoms with E-state index in [0.717, 1.165) is 15.4 Å². The largest absolute Gasteiger partial charge is 0.357 e. The minimum absolute atomic E-state index is 0.118. The highest BCUT2D eigenvalue weighted by Gasteiger charge is 2.29. The molecule has 1 N–H and O–H groups in total. The monoisotopic (exact) mass is 417 g/mol. The molecule has 7 nitrogen and oxygen atoms in total. The molecule has 0 saturated heterocycles. The molecule has 0 bridgehead atoms. The summed E-state index contributed by atoms with van der Waals surface area (Å²) in [7, 11) is -0.966. The number of carbonyl (C=O) groups is 2. The van der Waals surface area contributed by atoms with Crippen molar-refractivity contribution in [2.24, 2.45) is 0 Å². The molecule has 2 aromatic carbocycles. The number of carbonyl (C=O) groups excluding carboxylic acids is 2. The quantitative estimate of drug-likeness (QED) is 0.709. The number of hydrogen-bond acceptors (Lipinski definition) is 4. The predicted molar refractivity (Wildman–Crippen MR) is 112 cm³/mol. The molecule has 0 saturated carbocycles. The maximum absolute atomic E-state index is 13.0. The van der Waals surface area contributed by atoms with Gasteiger partial charge >= 0.3 is 0 Å². The van der Waals surface area contributed by atoms with Gasteiger partial charge in [0.2, 0.25) is 21.8 Å². The highest BCUT2D eigenvalue weighted by molar-refractivity contribution is 7.89. The highest BCUT2D eigenvalue weighted by Crippen LogP contribution is 2.16. The first-order valence-electron chi connectivity index (χ1n) is 9.24. The van der Waals surface area contributed by atoms with Crippen LogP contribution in [0.4, 0.5) is 0 Å². The van der Waals surface area contributed by atoms with Crippen molar-refractivity contribution in [2.45, 2.75) is 31.3 Å². The van der Waals surface area contributed by atoms with Gasteiger partial charge in [-0.3, -0.25) is 9.59 Å². The third kappa shape index (κ3) is 5.65. The van der Waals surface area contributed by atoms with E-state index in [1.165, 1.54) is 31.1 Å². The van der Waals surface area contributed by atoms with Crippen LogP contribution < -0.4 is 5.32 Å². The predicted octanol–water partition coefficient (Wildman–Crippen LogP) is 1.78. The van der Waals surface area contributed by atoms with Crippen molar-refractivity contribution in [3.8, 4) is 0 Å². The zero-order valence-electron chi connectivity index (χ0n) is 17.1. The van der Waals surface area contributed by atoms with Crippen LogP contribution in [0.1, 0.15) is 18.1 Å². The minimum atomic E-state index is -3.82. The lowest BCUT2D eigenvalue weighted by Gasteiger charge is -2.30. The third-order valence-electron chi connectivity index (χ3n) is 4.70. The normalized spacial score (nSPS) is 12.4. The maximum atomic E-state index is 13.0. The van der Waals surface area contributed by atoms with Gasteiger partial charge in [-0.1, -0.05) is 48.0 Å². The summed E-state index contributed by atoms with van der Waals surface area (Å²) in [5.74, 6) is -0.776. The van der Waals surface area contributed by atoms with E-state index in [4.69, 9.17) is 0 Å². The second kappa shape index (κ2) is 9.67. The molecule has 0 spiro atoms. The van der Waals surface area contributed by atoms with Crippen LogP contribution in [-0.2, 0) is 26.2 Å². The summed E-state index contributed by atoms with van der Waals surface area (Å²) in [4.78, 5) is 26.6. The van der Waals surface area contributed by atoms with Gasteiger partial charge in [0.1, 0.15) is 6.04 Å². The number of amides is 2. The van der Waals surface area contributed by atoms with Crippen molar-refractivity contribution in [3.05, 3.63) is 65.7 Å². The first-order valence-corrected chi connectivity index (χ1v) is 10.7. The molecule has 0 aromatic heterocycles. The molecule has 29 heavy (non-hydrogen) atoms. The molecule has 2 aromatic rings. The van der Waals surface area contributed by atoms with Crippen LogP contribution in [0.3, 0.4) is 0 Å². The fourth-order valence-corrected chi connectivity index (χ4v) is 3.95. The lowest BCUT2D eigenvalue weighted by atomic mass is 10.1. The Morgan fingerprint density at radius 1 is 1.03 bits per heavy atom. The Hall–Kier alpha value is -2.71. The maximum Gasteiger partial charge on any atom is 0.243 e. The summed E-state index contributed by atoms with van der Waals surface area (Å²) in [6, 6.07) is 14.9. The molecule has 2 rings (SSSR count). The van der Waals surface area contributed by atoms with Crippen LogP contribution in [0.5, 0.6) is 0 Å². The molecule has 0 heterocycles. The van der Waals surface area contributed by atoms with Crippen molar-refractivity contribution in [1.29, 1.82) is 0 Å². The first kappa shape index (κ1) is 22.6. The van der Waals surface area contributed by atoms with E-state index in [0.29, 0.717) is 0 Å². The Labute approximate surface area is 172 Å². The summed E-state index contributed by atoms with van der Waals surface area (Å²) in [5, 5.41) is 2.54. The van der Waals surface area contributed by atoms with Gasteiger partial charge in [-0.15, -0.1) is 0 Å². The summed E-state index contributed by atoms with van der Waals surface area (Å²) >= 11 is 0. The molecule has 0 aliphatic rings. The summed E-state index contributed by atoms with van der Waals surface area (Å²) in [6.07, 6.45) is 0. The van der Waals surface area contributed by atoms with Gasteiger partial charge in [0.05, 0.1) is 11.4 Å². The zero-order chi connectivity index (χ0) is 21.6. The van der Waals surface area contributed by atoms with Crippen molar-refractivity contribution in [1.82, 2.24) is 14.5 Å². The summed E-state index contributed by atoms with van der Waals surface area (Å²) < 4.78 is 26.6. The number of nitrogens with one attached hydrogen (secondary N) is 1. The molecule has 0 aliphatic heterocycles. The van der Waals surface area contributed by atoms with E-state index >= 15 is 0 Å². The van der Waals surface area contributed by atoms with Crippen molar-refractivity contribution in [2.75, 3.05) is 20.6 Å². The molecule has 0 aliphatic carbocycles. The topological polar surface area (TPSA) is 86.8 Å². The average Bonchev–Trinajstić information content (AvgIpc) is 2.71. The van der Waals surface area contributed by atoms with Gasteiger partial charge in [0.25, 0.3) is 0 Å². The van der Waals surface area contributed by atoms with Crippen molar-refractivity contribution < 1.29 is 18.0 Å². The smallest absolute Gasteiger partial charge is 0.243 e. The number of aryl methyl sites for hydroxylation is 1. The van der Waals surface area contributed by atoms with Gasteiger partial charge in [-0.2, -0.15) is 4.31 Å². The van der Waals surface area contributed by atoms with E-state index in [1.54, 1.807) is 19.1 Å². The van der Waals surface area contributed by atoms with Gasteiger partial charge in [0, 0.05) is 20.6 Å². The lowest BCUT2D eigenvalue weighted by Crippen LogP contribution is -2.50. The molecular weight excluding hydrogens is 390 g/mol. The summed E-state index contributed by atoms with van der Waals surface area (Å²) in [5.41, 5.74) is 1.79. The highest BCUT2D eigenvalue weighted by atomic mass is 32.2. The third-order valence-corrected chi connectivity index (χ3v) is 6.51. The minimum Gasteiger partial charge on any atom is -0.357 e. The van der Waals surface area contributed by atoms with Crippen LogP contribution in [0, 0.1) is 6.92 Å². The van der Waals surface area contributed by atoms with Gasteiger partial charge in [-0.05, 0) is 31.5 Å². The van der Waals surface area contributed by atoms with Gasteiger partial charge in [0.15, 0.2) is 0 Å². The molecular formula is C21H27N3O4S. The van der Waals surface area contributed by atoms with E-state index in [2.05, 4.69) is 5.32 Å². The lowest BCUT2D eigenvalue weighted by molar-refractivity contribution is -0.140. The van der Waals surface area contributed by atoms with Crippen LogP contribution in [0.2, 0.25) is 0 Å². The fourth-order valence-electron chi connectivity index (χ4n) is 2.83. The Bertz CT molecular complexity index is 944. The van der Waals surface area contributed by atoms with Gasteiger partial charge < -0.3 is 10.2 Å². The Morgan fingerprint density at radius 2 is 1.62 bits per heavy atom. The van der Waals surface area contributed by atoms with Crippen molar-refractivity contribution in [3.63, 3.8) is 0 Å². The Kier molecular flexibility index (Phi) is 7.53. The fraction of sp³-hybridized carbons (Fsp3) is 0.333. The van der Waals surface area contributed by atoms with E-state index in [1.807, 2.05) is 37.3 Å². The van der Waals surface area contributed by atoms with Crippen LogP contribution >= 0.6 is 0 Å². The second-order valence-corrected chi connectivity index (χ2v) is 8.92. The zero-order valence-corrected chi connectivity index (χ0v) is 17.9. The van der Waals surface area contributed by atoms with Crippen LogP contribution in [0.15, 0.2) is 59.5 Å². The SMILES string of the molecule is CNC(=O)[C@@H](C)N(Cc1ccccc1)C(=O)CN(C)S(=O)(=O)c1ccc(C)cc1. The Morgan fingerprint density at radius 3 is 2.17 bits per heavy atom. The van der Waals surface area contributed by atoms with Crippen LogP contribution in [-0.4, -0.2) is 56.1 Å². The van der Waals surface area contributed by atoms with Crippen LogP contribution in [0.25, 0.3) is 0 Å². The molecule has 0 unspecified atom stereocenters. The van der Waals surface area contributed by atoms with E-state index < -0.39 is 22.0 Å². The number of sulfonamides is 1. The number of nitrogens with zero attached hydrogens (tertiary/aromatic N) is 2.